The Hall–Kier alpha value is -2.99. The van der Waals surface area contributed by atoms with Gasteiger partial charge in [0, 0.05) is 11.1 Å². The lowest BCUT2D eigenvalue weighted by atomic mass is 9.92. The number of carbonyl (C=O) groups excluding carboxylic acids is 1. The number of carbonyl (C=O) groups is 3. The number of aromatic carboxylic acids is 2. The Balaban J connectivity index is 1.89. The van der Waals surface area contributed by atoms with Gasteiger partial charge in [-0.2, -0.15) is 0 Å². The summed E-state index contributed by atoms with van der Waals surface area (Å²) in [7, 11) is 0. The van der Waals surface area contributed by atoms with E-state index in [-0.39, 0.29) is 16.9 Å². The van der Waals surface area contributed by atoms with E-state index in [0.29, 0.717) is 34.2 Å². The number of fused-ring (bicyclic) bond motifs is 3. The summed E-state index contributed by atoms with van der Waals surface area (Å²) in [4.78, 5) is 38.9. The van der Waals surface area contributed by atoms with Gasteiger partial charge in [0.05, 0.1) is 11.1 Å². The SMILES string of the molecule is CCCCN(CCCC)CCCc1c(C(=O)O)ccc2c1C(=O)c1cc(C(=O)O)ccc1-2. The number of unbranched alkanes of at least 4 members (excludes halogenated alkanes) is 2. The minimum Gasteiger partial charge on any atom is -0.478 e. The molecule has 0 radical (unpaired) electrons. The highest BCUT2D eigenvalue weighted by Gasteiger charge is 2.32. The molecule has 2 N–H and O–H groups in total. The number of ketones is 1. The minimum absolute atomic E-state index is 0.0485. The molecule has 0 unspecified atom stereocenters. The monoisotopic (exact) mass is 437 g/mol. The molecule has 6 heteroatoms. The van der Waals surface area contributed by atoms with Crippen LogP contribution in [0.2, 0.25) is 0 Å². The van der Waals surface area contributed by atoms with E-state index in [1.807, 2.05) is 0 Å². The molecule has 1 aliphatic rings. The molecular weight excluding hydrogens is 406 g/mol. The summed E-state index contributed by atoms with van der Waals surface area (Å²) in [5, 5.41) is 19.0. The van der Waals surface area contributed by atoms with Crippen molar-refractivity contribution in [2.75, 3.05) is 19.6 Å². The standard InChI is InChI=1S/C26H31NO5/c1-3-5-13-27(14-6-4-2)15-7-8-19-21(26(31)32)12-11-20-18-10-9-17(25(29)30)16-22(18)24(28)23(19)20/h9-12,16H,3-8,13-15H2,1-2H3,(H,29,30)(H,31,32). The van der Waals surface area contributed by atoms with E-state index in [1.165, 1.54) is 12.1 Å². The van der Waals surface area contributed by atoms with Gasteiger partial charge < -0.3 is 15.1 Å². The van der Waals surface area contributed by atoms with Crippen molar-refractivity contribution in [2.45, 2.75) is 52.4 Å². The maximum absolute atomic E-state index is 13.2. The number of hydrogen-bond acceptors (Lipinski definition) is 4. The van der Waals surface area contributed by atoms with Crippen LogP contribution in [-0.4, -0.2) is 52.5 Å². The highest BCUT2D eigenvalue weighted by atomic mass is 16.4. The van der Waals surface area contributed by atoms with Crippen molar-refractivity contribution in [3.63, 3.8) is 0 Å². The topological polar surface area (TPSA) is 94.9 Å². The molecule has 3 rings (SSSR count). The lowest BCUT2D eigenvalue weighted by Crippen LogP contribution is -2.27. The zero-order valence-corrected chi connectivity index (χ0v) is 18.8. The van der Waals surface area contributed by atoms with Crippen molar-refractivity contribution >= 4 is 17.7 Å². The van der Waals surface area contributed by atoms with Crippen LogP contribution >= 0.6 is 0 Å². The van der Waals surface area contributed by atoms with Gasteiger partial charge in [0.2, 0.25) is 0 Å². The second-order valence-corrected chi connectivity index (χ2v) is 8.37. The van der Waals surface area contributed by atoms with Crippen molar-refractivity contribution in [1.29, 1.82) is 0 Å². The zero-order chi connectivity index (χ0) is 23.3. The third kappa shape index (κ3) is 4.91. The molecule has 0 atom stereocenters. The number of rotatable bonds is 12. The van der Waals surface area contributed by atoms with Crippen LogP contribution in [0.25, 0.3) is 11.1 Å². The van der Waals surface area contributed by atoms with E-state index in [4.69, 9.17) is 0 Å². The van der Waals surface area contributed by atoms with Crippen LogP contribution in [0.15, 0.2) is 30.3 Å². The number of nitrogens with zero attached hydrogens (tertiary/aromatic N) is 1. The van der Waals surface area contributed by atoms with E-state index < -0.39 is 11.9 Å². The number of benzene rings is 2. The number of carboxylic acids is 2. The largest absolute Gasteiger partial charge is 0.478 e. The van der Waals surface area contributed by atoms with Gasteiger partial charge in [0.1, 0.15) is 0 Å². The molecule has 0 spiro atoms. The Morgan fingerprint density at radius 2 is 1.44 bits per heavy atom. The van der Waals surface area contributed by atoms with Crippen LogP contribution in [0.5, 0.6) is 0 Å². The van der Waals surface area contributed by atoms with Crippen LogP contribution in [0, 0.1) is 0 Å². The molecule has 0 saturated carbocycles. The summed E-state index contributed by atoms with van der Waals surface area (Å²) < 4.78 is 0. The third-order valence-corrected chi connectivity index (χ3v) is 6.13. The smallest absolute Gasteiger partial charge is 0.335 e. The van der Waals surface area contributed by atoms with Gasteiger partial charge in [-0.15, -0.1) is 0 Å². The molecule has 170 valence electrons. The normalized spacial score (nSPS) is 12.2. The second-order valence-electron chi connectivity index (χ2n) is 8.37. The summed E-state index contributed by atoms with van der Waals surface area (Å²) in [6.07, 6.45) is 5.76. The Kier molecular flexibility index (Phi) is 7.80. The van der Waals surface area contributed by atoms with Crippen LogP contribution in [0.3, 0.4) is 0 Å². The Morgan fingerprint density at radius 1 is 0.812 bits per heavy atom. The molecule has 2 aromatic carbocycles. The van der Waals surface area contributed by atoms with E-state index in [9.17, 15) is 24.6 Å². The first-order valence-electron chi connectivity index (χ1n) is 11.4. The number of carboxylic acid groups (broad SMARTS) is 2. The summed E-state index contributed by atoms with van der Waals surface area (Å²) in [5.74, 6) is -2.43. The summed E-state index contributed by atoms with van der Waals surface area (Å²) in [6.45, 7) is 7.25. The van der Waals surface area contributed by atoms with Crippen LogP contribution in [0.4, 0.5) is 0 Å². The molecule has 1 aliphatic carbocycles. The Morgan fingerprint density at radius 3 is 2.03 bits per heavy atom. The van der Waals surface area contributed by atoms with E-state index in [2.05, 4.69) is 18.7 Å². The van der Waals surface area contributed by atoms with Crippen molar-refractivity contribution in [3.8, 4) is 11.1 Å². The average Bonchev–Trinajstić information content (AvgIpc) is 3.06. The molecule has 0 saturated heterocycles. The fourth-order valence-corrected chi connectivity index (χ4v) is 4.40. The molecule has 32 heavy (non-hydrogen) atoms. The van der Waals surface area contributed by atoms with Crippen molar-refractivity contribution in [1.82, 2.24) is 4.90 Å². The van der Waals surface area contributed by atoms with Gasteiger partial charge in [-0.25, -0.2) is 9.59 Å². The zero-order valence-electron chi connectivity index (χ0n) is 18.8. The van der Waals surface area contributed by atoms with Gasteiger partial charge in [0.25, 0.3) is 0 Å². The first-order chi connectivity index (χ1) is 15.4. The maximum atomic E-state index is 13.2. The van der Waals surface area contributed by atoms with Gasteiger partial charge in [0.15, 0.2) is 5.78 Å². The second kappa shape index (κ2) is 10.6. The summed E-state index contributed by atoms with van der Waals surface area (Å²) in [6, 6.07) is 7.75. The third-order valence-electron chi connectivity index (χ3n) is 6.13. The van der Waals surface area contributed by atoms with Gasteiger partial charge in [-0.05, 0) is 80.2 Å². The molecule has 0 fully saturated rings. The van der Waals surface area contributed by atoms with E-state index >= 15 is 0 Å². The van der Waals surface area contributed by atoms with Gasteiger partial charge in [-0.3, -0.25) is 4.79 Å². The van der Waals surface area contributed by atoms with Crippen molar-refractivity contribution in [3.05, 3.63) is 58.1 Å². The summed E-state index contributed by atoms with van der Waals surface area (Å²) in [5.41, 5.74) is 2.85. The number of hydrogen-bond donors (Lipinski definition) is 2. The summed E-state index contributed by atoms with van der Waals surface area (Å²) >= 11 is 0. The molecule has 0 aromatic heterocycles. The fourth-order valence-electron chi connectivity index (χ4n) is 4.40. The molecule has 6 nitrogen and oxygen atoms in total. The van der Waals surface area contributed by atoms with Crippen LogP contribution in [0.1, 0.15) is 88.2 Å². The fraction of sp³-hybridized carbons (Fsp3) is 0.423. The highest BCUT2D eigenvalue weighted by Crippen LogP contribution is 2.40. The van der Waals surface area contributed by atoms with E-state index in [1.54, 1.807) is 18.2 Å². The molecule has 0 amide bonds. The molecular formula is C26H31NO5. The van der Waals surface area contributed by atoms with Crippen LogP contribution in [-0.2, 0) is 6.42 Å². The first-order valence-corrected chi connectivity index (χ1v) is 11.4. The lowest BCUT2D eigenvalue weighted by Gasteiger charge is -2.22. The Bertz CT molecular complexity index is 1020. The minimum atomic E-state index is -1.10. The molecule has 0 heterocycles. The first kappa shape index (κ1) is 23.7. The quantitative estimate of drug-likeness (QED) is 0.408. The van der Waals surface area contributed by atoms with Crippen molar-refractivity contribution in [2.24, 2.45) is 0 Å². The maximum Gasteiger partial charge on any atom is 0.335 e. The lowest BCUT2D eigenvalue weighted by molar-refractivity contribution is 0.0685. The Labute approximate surface area is 188 Å². The predicted molar refractivity (Wildman–Crippen MR) is 124 cm³/mol. The van der Waals surface area contributed by atoms with Crippen molar-refractivity contribution < 1.29 is 24.6 Å². The highest BCUT2D eigenvalue weighted by molar-refractivity contribution is 6.23. The van der Waals surface area contributed by atoms with Gasteiger partial charge >= 0.3 is 11.9 Å². The molecule has 0 bridgehead atoms. The molecule has 2 aromatic rings. The van der Waals surface area contributed by atoms with Crippen LogP contribution < -0.4 is 0 Å². The van der Waals surface area contributed by atoms with E-state index in [0.717, 1.165) is 51.7 Å². The molecule has 0 aliphatic heterocycles. The predicted octanol–water partition coefficient (Wildman–Crippen LogP) is 5.13. The average molecular weight is 438 g/mol. The van der Waals surface area contributed by atoms with Gasteiger partial charge in [-0.1, -0.05) is 38.8 Å².